The molecule has 0 atom stereocenters. The lowest BCUT2D eigenvalue weighted by Gasteiger charge is -2.00. The molecule has 2 rings (SSSR count). The van der Waals surface area contributed by atoms with Gasteiger partial charge in [0.05, 0.1) is 24.7 Å². The van der Waals surface area contributed by atoms with Gasteiger partial charge in [-0.1, -0.05) is 0 Å². The number of hydrogen-bond donors (Lipinski definition) is 0. The fourth-order valence-corrected chi connectivity index (χ4v) is 1.24. The highest BCUT2D eigenvalue weighted by atomic mass is 16.7. The summed E-state index contributed by atoms with van der Waals surface area (Å²) in [5.41, 5.74) is 0.832. The van der Waals surface area contributed by atoms with Gasteiger partial charge in [0.15, 0.2) is 0 Å². The fourth-order valence-electron chi connectivity index (χ4n) is 1.24. The van der Waals surface area contributed by atoms with Gasteiger partial charge in [0.1, 0.15) is 6.33 Å². The normalized spacial score (nSPS) is 9.94. The number of pyridine rings is 1. The molecule has 0 amide bonds. The molecule has 2 heterocycles. The third-order valence-electron chi connectivity index (χ3n) is 1.95. The molecule has 6 heteroatoms. The first-order valence-corrected chi connectivity index (χ1v) is 5.08. The standard InChI is InChI=1S/C11H11N3O3/c1-2-16-11(15)17-10-7-14(8-13-10)9-4-3-5-12-6-9/h3-8H,2H2,1H3. The molecule has 0 aromatic carbocycles. The van der Waals surface area contributed by atoms with Crippen LogP contribution in [0.5, 0.6) is 5.88 Å². The predicted octanol–water partition coefficient (Wildman–Crippen LogP) is 1.80. The van der Waals surface area contributed by atoms with Gasteiger partial charge in [-0.25, -0.2) is 9.78 Å². The minimum Gasteiger partial charge on any atom is -0.434 e. The first kappa shape index (κ1) is 11.1. The van der Waals surface area contributed by atoms with Crippen molar-refractivity contribution in [3.63, 3.8) is 0 Å². The molecule has 0 radical (unpaired) electrons. The molecule has 0 saturated carbocycles. The van der Waals surface area contributed by atoms with Crippen LogP contribution in [-0.2, 0) is 4.74 Å². The van der Waals surface area contributed by atoms with Crippen molar-refractivity contribution in [2.45, 2.75) is 6.92 Å². The van der Waals surface area contributed by atoms with E-state index in [1.165, 1.54) is 6.33 Å². The van der Waals surface area contributed by atoms with Crippen LogP contribution in [0.1, 0.15) is 6.92 Å². The maximum Gasteiger partial charge on any atom is 0.515 e. The fraction of sp³-hybridized carbons (Fsp3) is 0.182. The van der Waals surface area contributed by atoms with E-state index in [0.29, 0.717) is 0 Å². The minimum absolute atomic E-state index is 0.187. The Morgan fingerprint density at radius 3 is 3.12 bits per heavy atom. The van der Waals surface area contributed by atoms with Crippen LogP contribution in [-0.4, -0.2) is 27.3 Å². The first-order valence-electron chi connectivity index (χ1n) is 5.08. The van der Waals surface area contributed by atoms with Crippen molar-refractivity contribution in [1.29, 1.82) is 0 Å². The van der Waals surface area contributed by atoms with Gasteiger partial charge in [-0.15, -0.1) is 0 Å². The third kappa shape index (κ3) is 2.81. The van der Waals surface area contributed by atoms with Crippen LogP contribution in [0.4, 0.5) is 4.79 Å². The molecular weight excluding hydrogens is 222 g/mol. The van der Waals surface area contributed by atoms with Crippen molar-refractivity contribution in [1.82, 2.24) is 14.5 Å². The topological polar surface area (TPSA) is 66.2 Å². The summed E-state index contributed by atoms with van der Waals surface area (Å²) >= 11 is 0. The quantitative estimate of drug-likeness (QED) is 0.756. The molecule has 6 nitrogen and oxygen atoms in total. The Labute approximate surface area is 97.8 Å². The lowest BCUT2D eigenvalue weighted by Crippen LogP contribution is -2.10. The van der Waals surface area contributed by atoms with Crippen LogP contribution >= 0.6 is 0 Å². The molecule has 0 aliphatic carbocycles. The maximum atomic E-state index is 11.1. The summed E-state index contributed by atoms with van der Waals surface area (Å²) in [6.07, 6.45) is 5.70. The van der Waals surface area contributed by atoms with Gasteiger partial charge >= 0.3 is 6.16 Å². The number of rotatable bonds is 3. The van der Waals surface area contributed by atoms with Crippen molar-refractivity contribution >= 4 is 6.16 Å². The molecule has 0 saturated heterocycles. The summed E-state index contributed by atoms with van der Waals surface area (Å²) < 4.78 is 11.2. The van der Waals surface area contributed by atoms with E-state index >= 15 is 0 Å². The smallest absolute Gasteiger partial charge is 0.434 e. The summed E-state index contributed by atoms with van der Waals surface area (Å²) in [5, 5.41) is 0. The SMILES string of the molecule is CCOC(=O)Oc1cn(-c2cccnc2)cn1. The Morgan fingerprint density at radius 1 is 1.53 bits per heavy atom. The molecule has 2 aromatic rings. The first-order chi connectivity index (χ1) is 8.29. The summed E-state index contributed by atoms with van der Waals surface area (Å²) in [6, 6.07) is 3.67. The second kappa shape index (κ2) is 5.11. The van der Waals surface area contributed by atoms with Gasteiger partial charge in [-0.2, -0.15) is 0 Å². The molecule has 88 valence electrons. The highest BCUT2D eigenvalue weighted by Crippen LogP contribution is 2.12. The third-order valence-corrected chi connectivity index (χ3v) is 1.95. The molecular formula is C11H11N3O3. The average Bonchev–Trinajstić information content (AvgIpc) is 2.79. The number of carbonyl (C=O) groups excluding carboxylic acids is 1. The molecule has 17 heavy (non-hydrogen) atoms. The van der Waals surface area contributed by atoms with Gasteiger partial charge in [-0.3, -0.25) is 4.98 Å². The van der Waals surface area contributed by atoms with Gasteiger partial charge in [0.25, 0.3) is 0 Å². The number of aromatic nitrogens is 3. The van der Waals surface area contributed by atoms with Crippen molar-refractivity contribution < 1.29 is 14.3 Å². The Hall–Kier alpha value is -2.37. The molecule has 0 bridgehead atoms. The van der Waals surface area contributed by atoms with E-state index in [1.54, 1.807) is 36.1 Å². The molecule has 0 aliphatic rings. The van der Waals surface area contributed by atoms with Gasteiger partial charge in [0.2, 0.25) is 5.88 Å². The molecule has 0 N–H and O–H groups in total. The summed E-state index contributed by atoms with van der Waals surface area (Å²) in [7, 11) is 0. The van der Waals surface area contributed by atoms with Gasteiger partial charge in [-0.05, 0) is 19.1 Å². The zero-order valence-corrected chi connectivity index (χ0v) is 9.24. The Morgan fingerprint density at radius 2 is 2.41 bits per heavy atom. The van der Waals surface area contributed by atoms with E-state index in [0.717, 1.165) is 5.69 Å². The van der Waals surface area contributed by atoms with Crippen molar-refractivity contribution in [3.05, 3.63) is 37.1 Å². The number of carbonyl (C=O) groups is 1. The number of nitrogens with zero attached hydrogens (tertiary/aromatic N) is 3. The highest BCUT2D eigenvalue weighted by Gasteiger charge is 2.08. The lowest BCUT2D eigenvalue weighted by molar-refractivity contribution is 0.103. The summed E-state index contributed by atoms with van der Waals surface area (Å²) in [5.74, 6) is 0.187. The average molecular weight is 233 g/mol. The monoisotopic (exact) mass is 233 g/mol. The zero-order valence-electron chi connectivity index (χ0n) is 9.24. The van der Waals surface area contributed by atoms with E-state index in [9.17, 15) is 4.79 Å². The van der Waals surface area contributed by atoms with Crippen LogP contribution in [0.25, 0.3) is 5.69 Å². The molecule has 0 aliphatic heterocycles. The zero-order chi connectivity index (χ0) is 12.1. The van der Waals surface area contributed by atoms with Crippen LogP contribution < -0.4 is 4.74 Å². The van der Waals surface area contributed by atoms with Gasteiger partial charge < -0.3 is 14.0 Å². The van der Waals surface area contributed by atoms with E-state index < -0.39 is 6.16 Å². The van der Waals surface area contributed by atoms with E-state index in [-0.39, 0.29) is 12.5 Å². The summed E-state index contributed by atoms with van der Waals surface area (Å²) in [4.78, 5) is 19.0. The van der Waals surface area contributed by atoms with E-state index in [2.05, 4.69) is 14.7 Å². The van der Waals surface area contributed by atoms with E-state index in [4.69, 9.17) is 4.74 Å². The Balaban J connectivity index is 2.09. The van der Waals surface area contributed by atoms with Crippen LogP contribution in [0, 0.1) is 0 Å². The molecule has 0 unspecified atom stereocenters. The number of imidazole rings is 1. The minimum atomic E-state index is -0.760. The van der Waals surface area contributed by atoms with Crippen LogP contribution in [0.15, 0.2) is 37.1 Å². The Bertz CT molecular complexity index is 496. The van der Waals surface area contributed by atoms with Crippen molar-refractivity contribution in [3.8, 4) is 11.6 Å². The van der Waals surface area contributed by atoms with Crippen LogP contribution in [0.3, 0.4) is 0 Å². The molecule has 0 spiro atoms. The molecule has 2 aromatic heterocycles. The largest absolute Gasteiger partial charge is 0.515 e. The van der Waals surface area contributed by atoms with Gasteiger partial charge in [0, 0.05) is 6.20 Å². The number of hydrogen-bond acceptors (Lipinski definition) is 5. The van der Waals surface area contributed by atoms with E-state index in [1.807, 2.05) is 6.07 Å². The predicted molar refractivity (Wildman–Crippen MR) is 59.0 cm³/mol. The number of ether oxygens (including phenoxy) is 2. The second-order valence-electron chi connectivity index (χ2n) is 3.12. The van der Waals surface area contributed by atoms with Crippen molar-refractivity contribution in [2.75, 3.05) is 6.61 Å². The molecule has 0 fully saturated rings. The van der Waals surface area contributed by atoms with Crippen molar-refractivity contribution in [2.24, 2.45) is 0 Å². The highest BCUT2D eigenvalue weighted by molar-refractivity contribution is 5.62. The second-order valence-corrected chi connectivity index (χ2v) is 3.12. The van der Waals surface area contributed by atoms with Crippen LogP contribution in [0.2, 0.25) is 0 Å². The summed E-state index contributed by atoms with van der Waals surface area (Å²) in [6.45, 7) is 1.97. The lowest BCUT2D eigenvalue weighted by atomic mass is 10.4. The maximum absolute atomic E-state index is 11.1. The Kier molecular flexibility index (Phi) is 3.34.